The van der Waals surface area contributed by atoms with E-state index in [1.54, 1.807) is 10.9 Å². The van der Waals surface area contributed by atoms with Gasteiger partial charge in [-0.3, -0.25) is 19.8 Å². The van der Waals surface area contributed by atoms with Crippen LogP contribution < -0.4 is 10.6 Å². The first-order valence-electron chi connectivity index (χ1n) is 7.36. The zero-order valence-electron chi connectivity index (χ0n) is 12.3. The monoisotopic (exact) mass is 309 g/mol. The Morgan fingerprint density at radius 2 is 2.13 bits per heavy atom. The second-order valence-electron chi connectivity index (χ2n) is 5.27. The first-order chi connectivity index (χ1) is 11.3. The second-order valence-corrected chi connectivity index (χ2v) is 5.27. The van der Waals surface area contributed by atoms with Gasteiger partial charge >= 0.3 is 0 Å². The molecule has 1 aliphatic heterocycles. The Morgan fingerprint density at radius 3 is 3.00 bits per heavy atom. The highest BCUT2D eigenvalue weighted by atomic mass is 16.2. The van der Waals surface area contributed by atoms with Gasteiger partial charge in [0, 0.05) is 30.8 Å². The lowest BCUT2D eigenvalue weighted by Gasteiger charge is -2.13. The molecular formula is C15H15N7O. The van der Waals surface area contributed by atoms with Gasteiger partial charge in [-0.15, -0.1) is 10.2 Å². The predicted molar refractivity (Wildman–Crippen MR) is 83.3 cm³/mol. The zero-order valence-corrected chi connectivity index (χ0v) is 12.3. The number of carbonyl (C=O) groups excluding carboxylic acids is 1. The SMILES string of the molecule is O=C(Nc1nncn1-c1ccccc1)c1n[nH]c2c1CNCC2. The predicted octanol–water partition coefficient (Wildman–Crippen LogP) is 0.888. The van der Waals surface area contributed by atoms with Crippen LogP contribution in [0.15, 0.2) is 36.7 Å². The van der Waals surface area contributed by atoms with Gasteiger partial charge < -0.3 is 5.32 Å². The van der Waals surface area contributed by atoms with Crippen LogP contribution in [0.3, 0.4) is 0 Å². The lowest BCUT2D eigenvalue weighted by atomic mass is 10.1. The molecule has 0 saturated heterocycles. The number of anilines is 1. The Hall–Kier alpha value is -3.00. The molecule has 0 aliphatic carbocycles. The van der Waals surface area contributed by atoms with Crippen molar-refractivity contribution in [2.45, 2.75) is 13.0 Å². The van der Waals surface area contributed by atoms with Gasteiger partial charge in [0.15, 0.2) is 5.69 Å². The van der Waals surface area contributed by atoms with Gasteiger partial charge in [-0.05, 0) is 12.1 Å². The van der Waals surface area contributed by atoms with Gasteiger partial charge in [-0.2, -0.15) is 5.10 Å². The smallest absolute Gasteiger partial charge is 0.278 e. The van der Waals surface area contributed by atoms with Crippen molar-refractivity contribution < 1.29 is 4.79 Å². The number of nitrogens with one attached hydrogen (secondary N) is 3. The number of fused-ring (bicyclic) bond motifs is 1. The molecule has 3 N–H and O–H groups in total. The summed E-state index contributed by atoms with van der Waals surface area (Å²) in [5.74, 6) is 0.0677. The Bertz CT molecular complexity index is 837. The van der Waals surface area contributed by atoms with E-state index in [4.69, 9.17) is 0 Å². The number of H-pyrrole nitrogens is 1. The number of benzene rings is 1. The van der Waals surface area contributed by atoms with E-state index in [9.17, 15) is 4.79 Å². The van der Waals surface area contributed by atoms with Crippen LogP contribution in [-0.4, -0.2) is 37.4 Å². The lowest BCUT2D eigenvalue weighted by Crippen LogP contribution is -2.25. The van der Waals surface area contributed by atoms with Crippen LogP contribution in [0.1, 0.15) is 21.7 Å². The van der Waals surface area contributed by atoms with Gasteiger partial charge in [0.2, 0.25) is 5.95 Å². The molecule has 2 aromatic heterocycles. The molecule has 1 aliphatic rings. The molecule has 116 valence electrons. The molecular weight excluding hydrogens is 294 g/mol. The number of rotatable bonds is 3. The zero-order chi connectivity index (χ0) is 15.6. The van der Waals surface area contributed by atoms with E-state index in [2.05, 4.69) is 31.0 Å². The van der Waals surface area contributed by atoms with Crippen LogP contribution in [0, 0.1) is 0 Å². The molecule has 0 spiro atoms. The summed E-state index contributed by atoms with van der Waals surface area (Å²) in [6, 6.07) is 9.58. The highest BCUT2D eigenvalue weighted by Gasteiger charge is 2.22. The van der Waals surface area contributed by atoms with Crippen molar-refractivity contribution in [1.82, 2.24) is 30.3 Å². The summed E-state index contributed by atoms with van der Waals surface area (Å²) < 4.78 is 1.72. The van der Waals surface area contributed by atoms with Crippen molar-refractivity contribution in [3.05, 3.63) is 53.6 Å². The first-order valence-corrected chi connectivity index (χ1v) is 7.36. The molecule has 0 fully saturated rings. The average Bonchev–Trinajstić information content (AvgIpc) is 3.22. The van der Waals surface area contributed by atoms with Crippen LogP contribution in [0.5, 0.6) is 0 Å². The minimum atomic E-state index is -0.295. The molecule has 23 heavy (non-hydrogen) atoms. The number of hydrogen-bond acceptors (Lipinski definition) is 5. The van der Waals surface area contributed by atoms with Gasteiger partial charge in [-0.1, -0.05) is 18.2 Å². The summed E-state index contributed by atoms with van der Waals surface area (Å²) in [7, 11) is 0. The quantitative estimate of drug-likeness (QED) is 0.667. The summed E-state index contributed by atoms with van der Waals surface area (Å²) in [6.45, 7) is 1.53. The largest absolute Gasteiger partial charge is 0.312 e. The minimum Gasteiger partial charge on any atom is -0.312 e. The van der Waals surface area contributed by atoms with E-state index in [-0.39, 0.29) is 5.91 Å². The number of amides is 1. The Labute approximate surface area is 131 Å². The van der Waals surface area contributed by atoms with Crippen molar-refractivity contribution in [3.8, 4) is 5.69 Å². The van der Waals surface area contributed by atoms with E-state index < -0.39 is 0 Å². The fourth-order valence-corrected chi connectivity index (χ4v) is 2.67. The molecule has 0 saturated carbocycles. The van der Waals surface area contributed by atoms with E-state index in [0.717, 1.165) is 29.9 Å². The molecule has 8 heteroatoms. The van der Waals surface area contributed by atoms with Gasteiger partial charge in [0.25, 0.3) is 5.91 Å². The fourth-order valence-electron chi connectivity index (χ4n) is 2.67. The van der Waals surface area contributed by atoms with E-state index >= 15 is 0 Å². The normalized spacial score (nSPS) is 13.6. The maximum Gasteiger partial charge on any atom is 0.278 e. The number of aromatic nitrogens is 5. The maximum absolute atomic E-state index is 12.5. The average molecular weight is 309 g/mol. The van der Waals surface area contributed by atoms with Gasteiger partial charge in [0.1, 0.15) is 6.33 Å². The van der Waals surface area contributed by atoms with Crippen LogP contribution in [0.25, 0.3) is 5.69 Å². The number of hydrogen-bond donors (Lipinski definition) is 3. The highest BCUT2D eigenvalue weighted by molar-refractivity contribution is 6.03. The summed E-state index contributed by atoms with van der Waals surface area (Å²) in [4.78, 5) is 12.5. The van der Waals surface area contributed by atoms with Crippen LogP contribution in [0.2, 0.25) is 0 Å². The lowest BCUT2D eigenvalue weighted by molar-refractivity contribution is 0.102. The summed E-state index contributed by atoms with van der Waals surface area (Å²) in [5, 5.41) is 21.0. The Balaban J connectivity index is 1.61. The minimum absolute atomic E-state index is 0.295. The summed E-state index contributed by atoms with van der Waals surface area (Å²) in [5.41, 5.74) is 3.20. The summed E-state index contributed by atoms with van der Waals surface area (Å²) >= 11 is 0. The molecule has 0 bridgehead atoms. The van der Waals surface area contributed by atoms with Gasteiger partial charge in [-0.25, -0.2) is 0 Å². The van der Waals surface area contributed by atoms with Crippen molar-refractivity contribution in [1.29, 1.82) is 0 Å². The van der Waals surface area contributed by atoms with E-state index in [1.807, 2.05) is 30.3 Å². The second kappa shape index (κ2) is 5.65. The van der Waals surface area contributed by atoms with Crippen molar-refractivity contribution >= 4 is 11.9 Å². The molecule has 0 atom stereocenters. The third kappa shape index (κ3) is 2.49. The third-order valence-corrected chi connectivity index (χ3v) is 3.83. The topological polar surface area (TPSA) is 101 Å². The molecule has 3 aromatic rings. The fraction of sp³-hybridized carbons (Fsp3) is 0.200. The van der Waals surface area contributed by atoms with Gasteiger partial charge in [0.05, 0.1) is 5.69 Å². The third-order valence-electron chi connectivity index (χ3n) is 3.83. The summed E-state index contributed by atoms with van der Waals surface area (Å²) in [6.07, 6.45) is 2.41. The Kier molecular flexibility index (Phi) is 3.35. The standard InChI is InChI=1S/C15H15N7O/c23-14(13-11-8-16-7-6-12(11)19-20-13)18-15-21-17-9-22(15)10-4-2-1-3-5-10/h1-5,9,16H,6-8H2,(H,19,20)(H,18,21,23). The molecule has 4 rings (SSSR count). The highest BCUT2D eigenvalue weighted by Crippen LogP contribution is 2.18. The number of carbonyl (C=O) groups is 1. The number of aromatic amines is 1. The first kappa shape index (κ1) is 13.6. The van der Waals surface area contributed by atoms with Crippen LogP contribution in [-0.2, 0) is 13.0 Å². The van der Waals surface area contributed by atoms with Crippen molar-refractivity contribution in [2.75, 3.05) is 11.9 Å². The molecule has 1 aromatic carbocycles. The number of nitrogens with zero attached hydrogens (tertiary/aromatic N) is 4. The molecule has 0 unspecified atom stereocenters. The molecule has 3 heterocycles. The van der Waals surface area contributed by atoms with Crippen molar-refractivity contribution in [3.63, 3.8) is 0 Å². The van der Waals surface area contributed by atoms with Crippen molar-refractivity contribution in [2.24, 2.45) is 0 Å². The van der Waals surface area contributed by atoms with E-state index in [0.29, 0.717) is 18.2 Å². The van der Waals surface area contributed by atoms with E-state index in [1.165, 1.54) is 0 Å². The molecule has 0 radical (unpaired) electrons. The van der Waals surface area contributed by atoms with Crippen LogP contribution in [0.4, 0.5) is 5.95 Å². The Morgan fingerprint density at radius 1 is 1.26 bits per heavy atom. The number of para-hydroxylation sites is 1. The molecule has 8 nitrogen and oxygen atoms in total. The van der Waals surface area contributed by atoms with Crippen LogP contribution >= 0.6 is 0 Å². The molecule has 1 amide bonds. The maximum atomic E-state index is 12.5.